The molecule has 110 valence electrons. The van der Waals surface area contributed by atoms with Crippen LogP contribution in [0.2, 0.25) is 0 Å². The van der Waals surface area contributed by atoms with Crippen LogP contribution in [-0.2, 0) is 0 Å². The first-order chi connectivity index (χ1) is 10.3. The highest BCUT2D eigenvalue weighted by atomic mass is 32.2. The molecule has 0 saturated heterocycles. The van der Waals surface area contributed by atoms with Crippen molar-refractivity contribution in [2.45, 2.75) is 23.3 Å². The Morgan fingerprint density at radius 1 is 1.19 bits per heavy atom. The van der Waals surface area contributed by atoms with E-state index in [1.54, 1.807) is 11.8 Å². The second kappa shape index (κ2) is 6.19. The maximum atomic E-state index is 5.70. The predicted molar refractivity (Wildman–Crippen MR) is 80.8 cm³/mol. The van der Waals surface area contributed by atoms with Crippen LogP contribution < -0.4 is 20.7 Å². The summed E-state index contributed by atoms with van der Waals surface area (Å²) in [4.78, 5) is 9.40. The molecule has 1 aromatic carbocycles. The second-order valence-corrected chi connectivity index (χ2v) is 5.62. The van der Waals surface area contributed by atoms with Gasteiger partial charge < -0.3 is 14.9 Å². The van der Waals surface area contributed by atoms with Crippen molar-refractivity contribution >= 4 is 17.6 Å². The van der Waals surface area contributed by atoms with Gasteiger partial charge >= 0.3 is 0 Å². The quantitative estimate of drug-likeness (QED) is 0.512. The number of anilines is 1. The minimum Gasteiger partial charge on any atom is -0.490 e. The summed E-state index contributed by atoms with van der Waals surface area (Å²) in [7, 11) is 0. The molecule has 6 nitrogen and oxygen atoms in total. The van der Waals surface area contributed by atoms with Crippen molar-refractivity contribution < 1.29 is 9.47 Å². The van der Waals surface area contributed by atoms with Crippen LogP contribution in [0.4, 0.5) is 5.82 Å². The molecule has 0 fully saturated rings. The van der Waals surface area contributed by atoms with Gasteiger partial charge in [-0.2, -0.15) is 0 Å². The summed E-state index contributed by atoms with van der Waals surface area (Å²) >= 11 is 1.54. The molecule has 1 aliphatic heterocycles. The van der Waals surface area contributed by atoms with E-state index >= 15 is 0 Å². The van der Waals surface area contributed by atoms with Crippen LogP contribution in [0, 0.1) is 6.92 Å². The van der Waals surface area contributed by atoms with Crippen LogP contribution in [0.1, 0.15) is 12.0 Å². The summed E-state index contributed by atoms with van der Waals surface area (Å²) in [5.74, 6) is 7.63. The molecule has 7 heteroatoms. The number of aromatic nitrogens is 2. The highest BCUT2D eigenvalue weighted by Crippen LogP contribution is 2.37. The minimum absolute atomic E-state index is 0.627. The van der Waals surface area contributed by atoms with Gasteiger partial charge in [-0.1, -0.05) is 11.8 Å². The van der Waals surface area contributed by atoms with E-state index < -0.39 is 0 Å². The molecule has 0 aliphatic carbocycles. The number of nitrogen functional groups attached to an aromatic ring is 1. The van der Waals surface area contributed by atoms with Crippen molar-refractivity contribution in [3.63, 3.8) is 0 Å². The molecule has 0 unspecified atom stereocenters. The second-order valence-electron chi connectivity index (χ2n) is 4.56. The van der Waals surface area contributed by atoms with Gasteiger partial charge in [0.1, 0.15) is 17.2 Å². The van der Waals surface area contributed by atoms with E-state index in [1.165, 1.54) is 6.33 Å². The van der Waals surface area contributed by atoms with Crippen molar-refractivity contribution in [3.8, 4) is 11.5 Å². The van der Waals surface area contributed by atoms with Gasteiger partial charge in [-0.05, 0) is 25.1 Å². The molecule has 0 saturated carbocycles. The summed E-state index contributed by atoms with van der Waals surface area (Å²) in [6.07, 6.45) is 2.39. The minimum atomic E-state index is 0.627. The lowest BCUT2D eigenvalue weighted by atomic mass is 10.3. The molecule has 1 aromatic heterocycles. The number of ether oxygens (including phenoxy) is 2. The summed E-state index contributed by atoms with van der Waals surface area (Å²) in [5.41, 5.74) is 3.48. The van der Waals surface area contributed by atoms with Gasteiger partial charge in [0.05, 0.1) is 13.2 Å². The molecule has 1 aliphatic rings. The molecule has 21 heavy (non-hydrogen) atoms. The average Bonchev–Trinajstić information content (AvgIpc) is 2.74. The molecular formula is C14H16N4O2S. The van der Waals surface area contributed by atoms with Crippen LogP contribution in [0.15, 0.2) is 34.4 Å². The van der Waals surface area contributed by atoms with Gasteiger partial charge in [0.15, 0.2) is 11.5 Å². The Hall–Kier alpha value is -1.99. The number of hydrogen-bond acceptors (Lipinski definition) is 7. The van der Waals surface area contributed by atoms with Crippen molar-refractivity contribution in [2.24, 2.45) is 5.84 Å². The predicted octanol–water partition coefficient (Wildman–Crippen LogP) is 2.38. The van der Waals surface area contributed by atoms with Gasteiger partial charge in [-0.3, -0.25) is 0 Å². The first kappa shape index (κ1) is 14.0. The zero-order chi connectivity index (χ0) is 14.7. The molecular weight excluding hydrogens is 288 g/mol. The Balaban J connectivity index is 1.87. The van der Waals surface area contributed by atoms with Crippen molar-refractivity contribution in [1.82, 2.24) is 9.97 Å². The molecule has 2 heterocycles. The Bertz CT molecular complexity index is 651. The van der Waals surface area contributed by atoms with Crippen LogP contribution in [-0.4, -0.2) is 23.2 Å². The maximum absolute atomic E-state index is 5.70. The highest BCUT2D eigenvalue weighted by Gasteiger charge is 2.13. The van der Waals surface area contributed by atoms with Crippen LogP contribution in [0.25, 0.3) is 0 Å². The monoisotopic (exact) mass is 304 g/mol. The van der Waals surface area contributed by atoms with Crippen molar-refractivity contribution in [2.75, 3.05) is 18.6 Å². The SMILES string of the molecule is Cc1c(NN)ncnc1Sc1ccc2c(c1)OCCCO2. The third kappa shape index (κ3) is 3.03. The van der Waals surface area contributed by atoms with E-state index in [0.717, 1.165) is 33.4 Å². The number of benzene rings is 1. The number of nitrogens with one attached hydrogen (secondary N) is 1. The normalized spacial score (nSPS) is 13.6. The van der Waals surface area contributed by atoms with Crippen LogP contribution >= 0.6 is 11.8 Å². The van der Waals surface area contributed by atoms with Crippen LogP contribution in [0.3, 0.4) is 0 Å². The molecule has 2 aromatic rings. The Labute approximate surface area is 127 Å². The summed E-state index contributed by atoms with van der Waals surface area (Å²) in [6, 6.07) is 5.90. The first-order valence-corrected chi connectivity index (χ1v) is 7.45. The fourth-order valence-electron chi connectivity index (χ4n) is 2.00. The molecule has 0 bridgehead atoms. The summed E-state index contributed by atoms with van der Waals surface area (Å²) in [5, 5.41) is 0.854. The van der Waals surface area contributed by atoms with Gasteiger partial charge in [-0.15, -0.1) is 0 Å². The fraction of sp³-hybridized carbons (Fsp3) is 0.286. The Morgan fingerprint density at radius 2 is 2.00 bits per heavy atom. The third-order valence-electron chi connectivity index (χ3n) is 3.11. The molecule has 3 rings (SSSR count). The molecule has 0 amide bonds. The van der Waals surface area contributed by atoms with Crippen molar-refractivity contribution in [1.29, 1.82) is 0 Å². The number of nitrogens with zero attached hydrogens (tertiary/aromatic N) is 2. The number of rotatable bonds is 3. The number of hydrazine groups is 1. The standard InChI is InChI=1S/C14H16N4O2S/c1-9-13(18-15)16-8-17-14(9)21-10-3-4-11-12(7-10)20-6-2-5-19-11/h3-4,7-8H,2,5-6,15H2,1H3,(H,16,17,18). The van der Waals surface area contributed by atoms with Gasteiger partial charge in [0.25, 0.3) is 0 Å². The topological polar surface area (TPSA) is 82.3 Å². The van der Waals surface area contributed by atoms with E-state index in [9.17, 15) is 0 Å². The van der Waals surface area contributed by atoms with Gasteiger partial charge in [-0.25, -0.2) is 15.8 Å². The van der Waals surface area contributed by atoms with E-state index in [2.05, 4.69) is 15.4 Å². The molecule has 0 radical (unpaired) electrons. The van der Waals surface area contributed by atoms with E-state index in [1.807, 2.05) is 25.1 Å². The van der Waals surface area contributed by atoms with Gasteiger partial charge in [0, 0.05) is 16.9 Å². The zero-order valence-electron chi connectivity index (χ0n) is 11.6. The maximum Gasteiger partial charge on any atom is 0.162 e. The fourth-order valence-corrected chi connectivity index (χ4v) is 2.88. The zero-order valence-corrected chi connectivity index (χ0v) is 12.4. The van der Waals surface area contributed by atoms with E-state index in [-0.39, 0.29) is 0 Å². The number of fused-ring (bicyclic) bond motifs is 1. The van der Waals surface area contributed by atoms with E-state index in [4.69, 9.17) is 15.3 Å². The first-order valence-electron chi connectivity index (χ1n) is 6.63. The Morgan fingerprint density at radius 3 is 2.81 bits per heavy atom. The summed E-state index contributed by atoms with van der Waals surface area (Å²) < 4.78 is 11.3. The average molecular weight is 304 g/mol. The van der Waals surface area contributed by atoms with Crippen LogP contribution in [0.5, 0.6) is 11.5 Å². The third-order valence-corrected chi connectivity index (χ3v) is 4.20. The summed E-state index contributed by atoms with van der Waals surface area (Å²) in [6.45, 7) is 3.30. The lowest BCUT2D eigenvalue weighted by molar-refractivity contribution is 0.297. The lowest BCUT2D eigenvalue weighted by Gasteiger charge is -2.10. The molecule has 0 atom stereocenters. The lowest BCUT2D eigenvalue weighted by Crippen LogP contribution is -2.10. The number of nitrogens with two attached hydrogens (primary N) is 1. The Kier molecular flexibility index (Phi) is 4.12. The largest absolute Gasteiger partial charge is 0.490 e. The van der Waals surface area contributed by atoms with E-state index in [0.29, 0.717) is 19.0 Å². The molecule has 0 spiro atoms. The smallest absolute Gasteiger partial charge is 0.162 e. The number of hydrogen-bond donors (Lipinski definition) is 2. The van der Waals surface area contributed by atoms with Crippen molar-refractivity contribution in [3.05, 3.63) is 30.1 Å². The van der Waals surface area contributed by atoms with Gasteiger partial charge in [0.2, 0.25) is 0 Å². The highest BCUT2D eigenvalue weighted by molar-refractivity contribution is 7.99. The molecule has 3 N–H and O–H groups in total.